The van der Waals surface area contributed by atoms with Crippen LogP contribution in [0.3, 0.4) is 0 Å². The van der Waals surface area contributed by atoms with Crippen LogP contribution in [0, 0.1) is 36.0 Å². The summed E-state index contributed by atoms with van der Waals surface area (Å²) in [5.74, 6) is -3.95. The maximum Gasteiger partial charge on any atom is 0.242 e. The molecule has 0 spiro atoms. The van der Waals surface area contributed by atoms with E-state index in [2.05, 4.69) is 4.98 Å². The number of hydrogen-bond acceptors (Lipinski definition) is 9. The molecule has 8 aromatic rings. The van der Waals surface area contributed by atoms with Crippen LogP contribution in [0.4, 0.5) is 11.5 Å². The second-order valence-corrected chi connectivity index (χ2v) is 19.1. The van der Waals surface area contributed by atoms with Gasteiger partial charge < -0.3 is 9.52 Å². The Labute approximate surface area is 375 Å². The largest absolute Gasteiger partial charge is 0.507 e. The van der Waals surface area contributed by atoms with Crippen LogP contribution in [-0.4, -0.2) is 43.5 Å². The third-order valence-electron chi connectivity index (χ3n) is 14.4. The van der Waals surface area contributed by atoms with Gasteiger partial charge in [-0.25, -0.2) is 9.88 Å². The number of allylic oxidation sites excluding steroid dienone is 2. The maximum absolute atomic E-state index is 15.5. The molecule has 4 aliphatic rings. The summed E-state index contributed by atoms with van der Waals surface area (Å²) in [5, 5.41) is 18.9. The number of phenolic OH excluding ortho intramolecular Hbond substituents is 1. The number of fused-ring (bicyclic) bond motifs is 7. The monoisotopic (exact) mass is 883 g/mol. The lowest BCUT2D eigenvalue weighted by atomic mass is 9.51. The van der Waals surface area contributed by atoms with Gasteiger partial charge in [-0.05, 0) is 115 Å². The Kier molecular flexibility index (Phi) is 8.36. The molecule has 0 bridgehead atoms. The molecular formula is C51H38ClN5O6S. The van der Waals surface area contributed by atoms with Crippen molar-refractivity contribution < 1.29 is 28.7 Å². The number of aromatic hydroxyl groups is 1. The Morgan fingerprint density at radius 3 is 2.39 bits per heavy atom. The molecule has 5 heterocycles. The van der Waals surface area contributed by atoms with Crippen LogP contribution >= 0.6 is 22.9 Å². The Hall–Kier alpha value is -6.89. The molecule has 2 aliphatic heterocycles. The number of rotatable bonds is 5. The van der Waals surface area contributed by atoms with Crippen LogP contribution in [0.5, 0.6) is 5.75 Å². The average molecular weight is 884 g/mol. The molecule has 1 N–H and O–H groups in total. The summed E-state index contributed by atoms with van der Waals surface area (Å²) in [5.41, 5.74) is 4.49. The van der Waals surface area contributed by atoms with Gasteiger partial charge in [-0.1, -0.05) is 65.7 Å². The van der Waals surface area contributed by atoms with Crippen molar-refractivity contribution in [2.75, 3.05) is 9.80 Å². The smallest absolute Gasteiger partial charge is 0.242 e. The number of carbonyl (C=O) groups excluding carboxylic acids is 4. The van der Waals surface area contributed by atoms with E-state index < -0.39 is 35.0 Å². The predicted molar refractivity (Wildman–Crippen MR) is 246 cm³/mol. The number of hydrogen-bond donors (Lipinski definition) is 1. The minimum atomic E-state index is -1.30. The fourth-order valence-electron chi connectivity index (χ4n) is 11.4. The number of amides is 4. The van der Waals surface area contributed by atoms with E-state index in [0.717, 1.165) is 42.6 Å². The summed E-state index contributed by atoms with van der Waals surface area (Å²) in [7, 11) is 1.73. The van der Waals surface area contributed by atoms with Crippen molar-refractivity contribution in [3.63, 3.8) is 0 Å². The fraction of sp³-hybridized carbons (Fsp3) is 0.216. The number of carbonyl (C=O) groups is 4. The van der Waals surface area contributed by atoms with Gasteiger partial charge in [0.05, 0.1) is 33.7 Å². The van der Waals surface area contributed by atoms with Gasteiger partial charge in [0.15, 0.2) is 5.58 Å². The van der Waals surface area contributed by atoms with Crippen LogP contribution in [-0.2, 0) is 26.2 Å². The van der Waals surface area contributed by atoms with Gasteiger partial charge >= 0.3 is 0 Å². The number of aromatic nitrogens is 3. The third kappa shape index (κ3) is 5.32. The summed E-state index contributed by atoms with van der Waals surface area (Å²) in [6, 6.07) is 33.1. The molecule has 3 aromatic heterocycles. The van der Waals surface area contributed by atoms with Gasteiger partial charge in [0, 0.05) is 39.7 Å². The first-order valence-corrected chi connectivity index (χ1v) is 22.5. The van der Waals surface area contributed by atoms with Crippen molar-refractivity contribution in [2.24, 2.45) is 36.1 Å². The first kappa shape index (κ1) is 38.8. The number of thiophene rings is 1. The molecule has 12 rings (SSSR count). The first-order valence-electron chi connectivity index (χ1n) is 21.3. The van der Waals surface area contributed by atoms with Gasteiger partial charge in [0.1, 0.15) is 22.8 Å². The molecule has 4 amide bonds. The Balaban J connectivity index is 0.947. The number of benzene rings is 5. The molecule has 6 unspecified atom stereocenters. The quantitative estimate of drug-likeness (QED) is 0.133. The molecule has 13 heteroatoms. The van der Waals surface area contributed by atoms with Crippen molar-refractivity contribution in [3.05, 3.63) is 137 Å². The Bertz CT molecular complexity index is 3370. The van der Waals surface area contributed by atoms with E-state index in [1.54, 1.807) is 59.5 Å². The van der Waals surface area contributed by atoms with Gasteiger partial charge in [0.2, 0.25) is 29.5 Å². The van der Waals surface area contributed by atoms with Gasteiger partial charge in [-0.15, -0.1) is 11.3 Å². The second-order valence-electron chi connectivity index (χ2n) is 17.6. The molecule has 3 fully saturated rings. The Morgan fingerprint density at radius 1 is 0.828 bits per heavy atom. The highest BCUT2D eigenvalue weighted by molar-refractivity contribution is 7.22. The highest BCUT2D eigenvalue weighted by Crippen LogP contribution is 2.64. The molecule has 5 aromatic carbocycles. The van der Waals surface area contributed by atoms with E-state index in [4.69, 9.17) is 21.1 Å². The van der Waals surface area contributed by atoms with E-state index in [1.807, 2.05) is 92.7 Å². The van der Waals surface area contributed by atoms with Gasteiger partial charge in [0.25, 0.3) is 0 Å². The molecule has 11 nitrogen and oxygen atoms in total. The van der Waals surface area contributed by atoms with Gasteiger partial charge in [-0.3, -0.25) is 28.8 Å². The minimum Gasteiger partial charge on any atom is -0.507 e. The van der Waals surface area contributed by atoms with Crippen LogP contribution in [0.25, 0.3) is 54.0 Å². The van der Waals surface area contributed by atoms with Gasteiger partial charge in [-0.2, -0.15) is 5.10 Å². The summed E-state index contributed by atoms with van der Waals surface area (Å²) >= 11 is 7.94. The number of imide groups is 2. The lowest BCUT2D eigenvalue weighted by Gasteiger charge is -2.49. The van der Waals surface area contributed by atoms with Crippen molar-refractivity contribution >= 4 is 90.0 Å². The molecule has 1 saturated carbocycles. The minimum absolute atomic E-state index is 0.0945. The molecular weight excluding hydrogens is 846 g/mol. The zero-order valence-electron chi connectivity index (χ0n) is 34.8. The summed E-state index contributed by atoms with van der Waals surface area (Å²) < 4.78 is 8.61. The summed E-state index contributed by atoms with van der Waals surface area (Å²) in [6.45, 7) is 3.89. The van der Waals surface area contributed by atoms with Crippen molar-refractivity contribution in [2.45, 2.75) is 32.6 Å². The standard InChI is InChI=1S/C51H38ClN5O6S/c1-25-34-22-27(52)14-21-41(34)64-45(25)38-24-42(55(3)54-38)57-48(60)36-23-35-32(44(51(36,2)50(57)62)31-19-20-39(58)30-9-5-4-8-29(30)31)17-18-33-43(35)49(61)56(47(33)59)28-15-12-26(13-16-28)46-53-37-10-6-7-11-40(37)63-46/h4-17,19-22,24,33,35-36,43-44,58H,18,23H2,1-3H3. The zero-order valence-corrected chi connectivity index (χ0v) is 36.4. The number of phenols is 1. The normalized spacial score (nSPS) is 24.2. The highest BCUT2D eigenvalue weighted by atomic mass is 35.5. The van der Waals surface area contributed by atoms with Crippen LogP contribution < -0.4 is 9.80 Å². The van der Waals surface area contributed by atoms with Crippen molar-refractivity contribution in [3.8, 4) is 27.8 Å². The van der Waals surface area contributed by atoms with Crippen LogP contribution in [0.15, 0.2) is 125 Å². The molecule has 64 heavy (non-hydrogen) atoms. The van der Waals surface area contributed by atoms with E-state index in [0.29, 0.717) is 51.1 Å². The summed E-state index contributed by atoms with van der Waals surface area (Å²) in [4.78, 5) is 68.1. The van der Waals surface area contributed by atoms with Crippen LogP contribution in [0.1, 0.15) is 36.8 Å². The van der Waals surface area contributed by atoms with E-state index in [1.165, 1.54) is 9.80 Å². The molecule has 6 atom stereocenters. The van der Waals surface area contributed by atoms with E-state index in [-0.39, 0.29) is 35.8 Å². The lowest BCUT2D eigenvalue weighted by molar-refractivity contribution is -0.131. The molecule has 2 aliphatic carbocycles. The fourth-order valence-corrected chi connectivity index (χ4v) is 12.7. The first-order chi connectivity index (χ1) is 30.9. The average Bonchev–Trinajstić information content (AvgIpc) is 4.08. The lowest BCUT2D eigenvalue weighted by Crippen LogP contribution is -2.49. The third-order valence-corrected chi connectivity index (χ3v) is 15.9. The van der Waals surface area contributed by atoms with E-state index >= 15 is 9.59 Å². The van der Waals surface area contributed by atoms with Crippen molar-refractivity contribution in [1.29, 1.82) is 0 Å². The number of nitrogens with zero attached hydrogens (tertiary/aromatic N) is 5. The SMILES string of the molecule is Cc1c(-c2cc(N3C(=O)C4CC5C(=CCC6C(=O)N(c7ccc(-c8nc9ccccc9o8)cc7)C(=O)C65)C(c5ccc(O)c6ccccc56)C4(C)C3=O)n(C)n2)sc2ccc(Cl)cc12. The zero-order chi connectivity index (χ0) is 43.9. The number of anilines is 2. The van der Waals surface area contributed by atoms with Crippen molar-refractivity contribution in [1.82, 2.24) is 14.8 Å². The van der Waals surface area contributed by atoms with E-state index in [9.17, 15) is 14.7 Å². The van der Waals surface area contributed by atoms with Crippen LogP contribution in [0.2, 0.25) is 5.02 Å². The summed E-state index contributed by atoms with van der Waals surface area (Å²) in [6.07, 6.45) is 2.54. The predicted octanol–water partition coefficient (Wildman–Crippen LogP) is 10.4. The highest BCUT2D eigenvalue weighted by Gasteiger charge is 2.68. The topological polar surface area (TPSA) is 139 Å². The molecule has 0 radical (unpaired) electrons. The number of halogens is 1. The maximum atomic E-state index is 15.5. The second kappa shape index (κ2) is 13.8. The number of oxazole rings is 1. The number of aryl methyl sites for hydroxylation is 2. The Morgan fingerprint density at radius 2 is 1.59 bits per heavy atom. The molecule has 316 valence electrons. The number of para-hydroxylation sites is 2. The molecule has 2 saturated heterocycles.